The minimum absolute atomic E-state index is 0. The molecule has 4 heteroatoms. The van der Waals surface area contributed by atoms with Gasteiger partial charge in [0.1, 0.15) is 5.82 Å². The van der Waals surface area contributed by atoms with Gasteiger partial charge in [-0.2, -0.15) is 0 Å². The number of carbonyl (C=O) groups is 1. The van der Waals surface area contributed by atoms with E-state index >= 15 is 0 Å². The summed E-state index contributed by atoms with van der Waals surface area (Å²) in [5, 5.41) is 10.6. The Morgan fingerprint density at radius 2 is 1.93 bits per heavy atom. The fourth-order valence-corrected chi connectivity index (χ4v) is 1.23. The Morgan fingerprint density at radius 3 is 2.29 bits per heavy atom. The van der Waals surface area contributed by atoms with Crippen molar-refractivity contribution >= 4 is 5.97 Å². The first-order valence-corrected chi connectivity index (χ1v) is 4.11. The van der Waals surface area contributed by atoms with Crippen molar-refractivity contribution in [3.05, 3.63) is 35.6 Å². The SMILES string of the molecule is CCC(C(=O)[O-])c1ccc(F)cc1.[Li+]. The third-order valence-electron chi connectivity index (χ3n) is 1.97. The maximum absolute atomic E-state index is 12.5. The van der Waals surface area contributed by atoms with Gasteiger partial charge in [0.05, 0.1) is 0 Å². The van der Waals surface area contributed by atoms with Gasteiger partial charge in [0.25, 0.3) is 0 Å². The largest absolute Gasteiger partial charge is 1.00 e. The average molecular weight is 188 g/mol. The van der Waals surface area contributed by atoms with Crippen LogP contribution in [0.2, 0.25) is 0 Å². The van der Waals surface area contributed by atoms with Crippen LogP contribution in [0, 0.1) is 5.82 Å². The zero-order chi connectivity index (χ0) is 9.84. The van der Waals surface area contributed by atoms with Crippen LogP contribution in [-0.4, -0.2) is 5.97 Å². The molecule has 0 spiro atoms. The number of hydrogen-bond donors (Lipinski definition) is 0. The average Bonchev–Trinajstić information content (AvgIpc) is 2.09. The van der Waals surface area contributed by atoms with Crippen LogP contribution in [0.4, 0.5) is 4.39 Å². The zero-order valence-corrected chi connectivity index (χ0v) is 8.29. The van der Waals surface area contributed by atoms with Crippen molar-refractivity contribution in [3.63, 3.8) is 0 Å². The van der Waals surface area contributed by atoms with Gasteiger partial charge in [0, 0.05) is 11.9 Å². The second kappa shape index (κ2) is 5.85. The minimum Gasteiger partial charge on any atom is -0.549 e. The maximum atomic E-state index is 12.5. The van der Waals surface area contributed by atoms with Crippen molar-refractivity contribution in [1.82, 2.24) is 0 Å². The molecule has 1 aromatic carbocycles. The Kier molecular flexibility index (Phi) is 5.52. The molecule has 0 saturated carbocycles. The van der Waals surface area contributed by atoms with Gasteiger partial charge < -0.3 is 9.90 Å². The van der Waals surface area contributed by atoms with Crippen LogP contribution in [0.25, 0.3) is 0 Å². The normalized spacial score (nSPS) is 11.6. The number of halogens is 1. The van der Waals surface area contributed by atoms with E-state index < -0.39 is 11.9 Å². The summed E-state index contributed by atoms with van der Waals surface area (Å²) in [7, 11) is 0. The molecule has 1 rings (SSSR count). The van der Waals surface area contributed by atoms with E-state index in [1.165, 1.54) is 24.3 Å². The first kappa shape index (κ1) is 13.2. The molecule has 0 heterocycles. The smallest absolute Gasteiger partial charge is 0.549 e. The van der Waals surface area contributed by atoms with E-state index in [4.69, 9.17) is 0 Å². The molecule has 1 aromatic rings. The molecule has 0 aliphatic rings. The predicted molar refractivity (Wildman–Crippen MR) is 44.4 cm³/mol. The fraction of sp³-hybridized carbons (Fsp3) is 0.300. The van der Waals surface area contributed by atoms with Crippen molar-refractivity contribution in [2.45, 2.75) is 19.3 Å². The Morgan fingerprint density at radius 1 is 1.43 bits per heavy atom. The summed E-state index contributed by atoms with van der Waals surface area (Å²) >= 11 is 0. The third kappa shape index (κ3) is 3.17. The second-order valence-corrected chi connectivity index (χ2v) is 2.83. The zero-order valence-electron chi connectivity index (χ0n) is 8.29. The molecular weight excluding hydrogens is 178 g/mol. The van der Waals surface area contributed by atoms with Crippen LogP contribution in [0.1, 0.15) is 24.8 Å². The van der Waals surface area contributed by atoms with Crippen molar-refractivity contribution in [1.29, 1.82) is 0 Å². The molecule has 2 nitrogen and oxygen atoms in total. The number of carboxylic acids is 1. The van der Waals surface area contributed by atoms with Crippen molar-refractivity contribution in [2.24, 2.45) is 0 Å². The Balaban J connectivity index is 0.00000169. The molecule has 0 N–H and O–H groups in total. The van der Waals surface area contributed by atoms with Crippen LogP contribution in [0.5, 0.6) is 0 Å². The van der Waals surface area contributed by atoms with E-state index in [9.17, 15) is 14.3 Å². The van der Waals surface area contributed by atoms with Gasteiger partial charge in [-0.1, -0.05) is 19.1 Å². The number of carboxylic acid groups (broad SMARTS) is 1. The molecule has 1 unspecified atom stereocenters. The summed E-state index contributed by atoms with van der Waals surface area (Å²) in [5.41, 5.74) is 0.587. The summed E-state index contributed by atoms with van der Waals surface area (Å²) in [6.45, 7) is 1.75. The summed E-state index contributed by atoms with van der Waals surface area (Å²) in [5.74, 6) is -2.12. The predicted octanol–water partition coefficient (Wildman–Crippen LogP) is -1.93. The summed E-state index contributed by atoms with van der Waals surface area (Å²) < 4.78 is 12.5. The molecule has 0 bridgehead atoms. The van der Waals surface area contributed by atoms with Gasteiger partial charge in [-0.3, -0.25) is 0 Å². The number of rotatable bonds is 3. The van der Waals surface area contributed by atoms with E-state index in [1.54, 1.807) is 6.92 Å². The van der Waals surface area contributed by atoms with E-state index in [0.717, 1.165) is 0 Å². The van der Waals surface area contributed by atoms with Crippen LogP contribution < -0.4 is 24.0 Å². The number of carbonyl (C=O) groups excluding carboxylic acids is 1. The molecule has 0 radical (unpaired) electrons. The maximum Gasteiger partial charge on any atom is 1.00 e. The molecule has 0 aromatic heterocycles. The molecular formula is C10H10FLiO2. The van der Waals surface area contributed by atoms with Gasteiger partial charge in [0.15, 0.2) is 0 Å². The fourth-order valence-electron chi connectivity index (χ4n) is 1.23. The third-order valence-corrected chi connectivity index (χ3v) is 1.97. The first-order chi connectivity index (χ1) is 6.15. The molecule has 0 aliphatic carbocycles. The Bertz CT molecular complexity index is 297. The van der Waals surface area contributed by atoms with Crippen LogP contribution >= 0.6 is 0 Å². The quantitative estimate of drug-likeness (QED) is 0.518. The van der Waals surface area contributed by atoms with E-state index in [0.29, 0.717) is 12.0 Å². The van der Waals surface area contributed by atoms with Crippen LogP contribution in [0.15, 0.2) is 24.3 Å². The summed E-state index contributed by atoms with van der Waals surface area (Å²) in [6, 6.07) is 5.44. The van der Waals surface area contributed by atoms with Crippen LogP contribution in [0.3, 0.4) is 0 Å². The molecule has 0 amide bonds. The monoisotopic (exact) mass is 188 g/mol. The molecule has 70 valence electrons. The molecule has 0 aliphatic heterocycles. The van der Waals surface area contributed by atoms with E-state index in [2.05, 4.69) is 0 Å². The van der Waals surface area contributed by atoms with Gasteiger partial charge in [-0.05, 0) is 24.1 Å². The summed E-state index contributed by atoms with van der Waals surface area (Å²) in [6.07, 6.45) is 0.452. The van der Waals surface area contributed by atoms with Gasteiger partial charge in [-0.15, -0.1) is 0 Å². The Labute approximate surface area is 94.3 Å². The molecule has 1 atom stereocenters. The molecule has 0 fully saturated rings. The standard InChI is InChI=1S/C10H11FO2.Li/c1-2-9(10(12)13)7-3-5-8(11)6-4-7;/h3-6,9H,2H2,1H3,(H,12,13);/q;+1/p-1. The van der Waals surface area contributed by atoms with Gasteiger partial charge in [-0.25, -0.2) is 4.39 Å². The first-order valence-electron chi connectivity index (χ1n) is 4.11. The minimum atomic E-state index is -1.12. The van der Waals surface area contributed by atoms with Crippen molar-refractivity contribution in [3.8, 4) is 0 Å². The van der Waals surface area contributed by atoms with Crippen molar-refractivity contribution in [2.75, 3.05) is 0 Å². The molecule has 0 saturated heterocycles. The van der Waals surface area contributed by atoms with Crippen molar-refractivity contribution < 1.29 is 33.2 Å². The number of benzene rings is 1. The topological polar surface area (TPSA) is 40.1 Å². The summed E-state index contributed by atoms with van der Waals surface area (Å²) in [4.78, 5) is 10.6. The number of hydrogen-bond acceptors (Lipinski definition) is 2. The second-order valence-electron chi connectivity index (χ2n) is 2.83. The van der Waals surface area contributed by atoms with Gasteiger partial charge in [0.2, 0.25) is 0 Å². The van der Waals surface area contributed by atoms with Gasteiger partial charge >= 0.3 is 18.9 Å². The van der Waals surface area contributed by atoms with E-state index in [1.807, 2.05) is 0 Å². The van der Waals surface area contributed by atoms with Crippen LogP contribution in [-0.2, 0) is 4.79 Å². The number of aliphatic carboxylic acids is 1. The molecule has 14 heavy (non-hydrogen) atoms. The Hall–Kier alpha value is -0.783. The van der Waals surface area contributed by atoms with E-state index in [-0.39, 0.29) is 24.7 Å².